The molecule has 2 unspecified atom stereocenters. The van der Waals surface area contributed by atoms with Crippen molar-refractivity contribution in [3.63, 3.8) is 0 Å². The smallest absolute Gasteiger partial charge is 0.0945 e. The molecule has 2 heterocycles. The van der Waals surface area contributed by atoms with Crippen molar-refractivity contribution in [3.05, 3.63) is 18.2 Å². The summed E-state index contributed by atoms with van der Waals surface area (Å²) in [5.41, 5.74) is 1.21. The van der Waals surface area contributed by atoms with E-state index in [1.807, 2.05) is 24.1 Å². The zero-order valence-corrected chi connectivity index (χ0v) is 9.43. The summed E-state index contributed by atoms with van der Waals surface area (Å²) in [6.45, 7) is 4.45. The van der Waals surface area contributed by atoms with Gasteiger partial charge in [-0.15, -0.1) is 0 Å². The van der Waals surface area contributed by atoms with Crippen LogP contribution in [0.4, 0.5) is 0 Å². The van der Waals surface area contributed by atoms with Crippen molar-refractivity contribution in [2.45, 2.75) is 25.9 Å². The van der Waals surface area contributed by atoms with Gasteiger partial charge in [-0.05, 0) is 18.9 Å². The van der Waals surface area contributed by atoms with Gasteiger partial charge < -0.3 is 9.67 Å². The van der Waals surface area contributed by atoms with Gasteiger partial charge in [-0.2, -0.15) is 0 Å². The maximum absolute atomic E-state index is 9.34. The van der Waals surface area contributed by atoms with Crippen LogP contribution >= 0.6 is 0 Å². The van der Waals surface area contributed by atoms with Crippen molar-refractivity contribution in [2.75, 3.05) is 13.2 Å². The largest absolute Gasteiger partial charge is 0.395 e. The summed E-state index contributed by atoms with van der Waals surface area (Å²) >= 11 is 0. The van der Waals surface area contributed by atoms with Crippen molar-refractivity contribution in [2.24, 2.45) is 13.0 Å². The zero-order chi connectivity index (χ0) is 10.8. The molecule has 1 saturated heterocycles. The van der Waals surface area contributed by atoms with Gasteiger partial charge >= 0.3 is 0 Å². The second-order valence-electron chi connectivity index (χ2n) is 4.48. The first-order valence-electron chi connectivity index (χ1n) is 5.52. The lowest BCUT2D eigenvalue weighted by molar-refractivity contribution is 0.132. The molecule has 84 valence electrons. The SMILES string of the molecule is CC1CCN(Cc2cncn2C)C1CO. The summed E-state index contributed by atoms with van der Waals surface area (Å²) in [4.78, 5) is 6.46. The summed E-state index contributed by atoms with van der Waals surface area (Å²) in [5.74, 6) is 0.600. The highest BCUT2D eigenvalue weighted by Crippen LogP contribution is 2.24. The van der Waals surface area contributed by atoms with E-state index in [1.54, 1.807) is 0 Å². The van der Waals surface area contributed by atoms with Crippen LogP contribution in [0.3, 0.4) is 0 Å². The Morgan fingerprint density at radius 3 is 3.00 bits per heavy atom. The molecule has 4 heteroatoms. The van der Waals surface area contributed by atoms with Gasteiger partial charge in [0.1, 0.15) is 0 Å². The Kier molecular flexibility index (Phi) is 3.07. The quantitative estimate of drug-likeness (QED) is 0.793. The fraction of sp³-hybridized carbons (Fsp3) is 0.727. The van der Waals surface area contributed by atoms with E-state index in [4.69, 9.17) is 0 Å². The summed E-state index contributed by atoms with van der Waals surface area (Å²) in [6.07, 6.45) is 4.91. The highest BCUT2D eigenvalue weighted by atomic mass is 16.3. The number of aromatic nitrogens is 2. The van der Waals surface area contributed by atoms with E-state index in [0.29, 0.717) is 12.0 Å². The first-order chi connectivity index (χ1) is 7.22. The molecule has 0 amide bonds. The first-order valence-corrected chi connectivity index (χ1v) is 5.52. The van der Waals surface area contributed by atoms with Crippen molar-refractivity contribution in [1.82, 2.24) is 14.5 Å². The maximum atomic E-state index is 9.34. The Labute approximate surface area is 90.5 Å². The van der Waals surface area contributed by atoms with Crippen LogP contribution < -0.4 is 0 Å². The number of aliphatic hydroxyl groups is 1. The lowest BCUT2D eigenvalue weighted by Gasteiger charge is -2.24. The number of aryl methyl sites for hydroxylation is 1. The molecule has 1 aliphatic rings. The Hall–Kier alpha value is -0.870. The Morgan fingerprint density at radius 1 is 1.60 bits per heavy atom. The molecular formula is C11H19N3O. The van der Waals surface area contributed by atoms with Gasteiger partial charge in [0.25, 0.3) is 0 Å². The van der Waals surface area contributed by atoms with Gasteiger partial charge in [0.05, 0.1) is 18.6 Å². The minimum absolute atomic E-state index is 0.263. The molecule has 2 atom stereocenters. The molecule has 2 rings (SSSR count). The molecule has 1 aromatic heterocycles. The number of imidazole rings is 1. The summed E-state index contributed by atoms with van der Waals surface area (Å²) in [7, 11) is 2.01. The molecule has 1 N–H and O–H groups in total. The highest BCUT2D eigenvalue weighted by molar-refractivity contribution is 4.99. The van der Waals surface area contributed by atoms with Crippen LogP contribution in [0, 0.1) is 5.92 Å². The number of likely N-dealkylation sites (tertiary alicyclic amines) is 1. The Bertz CT molecular complexity index is 323. The van der Waals surface area contributed by atoms with Gasteiger partial charge in [0.2, 0.25) is 0 Å². The summed E-state index contributed by atoms with van der Waals surface area (Å²) in [6, 6.07) is 0.319. The average Bonchev–Trinajstić information content (AvgIpc) is 2.76. The van der Waals surface area contributed by atoms with E-state index in [2.05, 4.69) is 16.8 Å². The zero-order valence-electron chi connectivity index (χ0n) is 9.43. The van der Waals surface area contributed by atoms with E-state index < -0.39 is 0 Å². The fourth-order valence-electron chi connectivity index (χ4n) is 2.32. The number of hydrogen-bond acceptors (Lipinski definition) is 3. The molecule has 0 radical (unpaired) electrons. The first kappa shape index (κ1) is 10.6. The van der Waals surface area contributed by atoms with Crippen LogP contribution in [-0.2, 0) is 13.6 Å². The van der Waals surface area contributed by atoms with Crippen LogP contribution in [-0.4, -0.2) is 38.8 Å². The average molecular weight is 209 g/mol. The third-order valence-electron chi connectivity index (χ3n) is 3.47. The molecule has 0 saturated carbocycles. The van der Waals surface area contributed by atoms with E-state index in [1.165, 1.54) is 12.1 Å². The van der Waals surface area contributed by atoms with E-state index in [9.17, 15) is 5.11 Å². The summed E-state index contributed by atoms with van der Waals surface area (Å²) < 4.78 is 2.04. The predicted molar refractivity (Wildman–Crippen MR) is 58.3 cm³/mol. The van der Waals surface area contributed by atoms with Gasteiger partial charge in [-0.1, -0.05) is 6.92 Å². The second-order valence-corrected chi connectivity index (χ2v) is 4.48. The molecule has 15 heavy (non-hydrogen) atoms. The number of hydrogen-bond donors (Lipinski definition) is 1. The number of aliphatic hydroxyl groups excluding tert-OH is 1. The lowest BCUT2D eigenvalue weighted by atomic mass is 10.0. The van der Waals surface area contributed by atoms with E-state index >= 15 is 0 Å². The number of nitrogens with zero attached hydrogens (tertiary/aromatic N) is 3. The summed E-state index contributed by atoms with van der Waals surface area (Å²) in [5, 5.41) is 9.34. The lowest BCUT2D eigenvalue weighted by Crippen LogP contribution is -2.35. The second kappa shape index (κ2) is 4.33. The molecule has 0 spiro atoms. The molecule has 1 aromatic rings. The van der Waals surface area contributed by atoms with Crippen LogP contribution in [0.2, 0.25) is 0 Å². The van der Waals surface area contributed by atoms with Gasteiger partial charge in [0.15, 0.2) is 0 Å². The predicted octanol–water partition coefficient (Wildman–Crippen LogP) is 0.623. The van der Waals surface area contributed by atoms with Crippen molar-refractivity contribution in [3.8, 4) is 0 Å². The third kappa shape index (κ3) is 2.06. The molecule has 0 aliphatic carbocycles. The Balaban J connectivity index is 2.03. The standard InChI is InChI=1S/C11H19N3O/c1-9-3-4-14(11(9)7-15)6-10-5-12-8-13(10)2/h5,8-9,11,15H,3-4,6-7H2,1-2H3. The molecule has 0 bridgehead atoms. The molecule has 0 aromatic carbocycles. The normalized spacial score (nSPS) is 27.4. The molecule has 4 nitrogen and oxygen atoms in total. The van der Waals surface area contributed by atoms with Crippen LogP contribution in [0.25, 0.3) is 0 Å². The van der Waals surface area contributed by atoms with Crippen molar-refractivity contribution >= 4 is 0 Å². The van der Waals surface area contributed by atoms with Crippen molar-refractivity contribution in [1.29, 1.82) is 0 Å². The molecular weight excluding hydrogens is 190 g/mol. The number of rotatable bonds is 3. The van der Waals surface area contributed by atoms with Crippen molar-refractivity contribution < 1.29 is 5.11 Å². The third-order valence-corrected chi connectivity index (χ3v) is 3.47. The van der Waals surface area contributed by atoms with E-state index in [0.717, 1.165) is 13.1 Å². The minimum atomic E-state index is 0.263. The van der Waals surface area contributed by atoms with Gasteiger partial charge in [0, 0.05) is 25.8 Å². The maximum Gasteiger partial charge on any atom is 0.0945 e. The Morgan fingerprint density at radius 2 is 2.40 bits per heavy atom. The van der Waals surface area contributed by atoms with Gasteiger partial charge in [-0.3, -0.25) is 4.90 Å². The minimum Gasteiger partial charge on any atom is -0.395 e. The van der Waals surface area contributed by atoms with Crippen LogP contribution in [0.15, 0.2) is 12.5 Å². The van der Waals surface area contributed by atoms with E-state index in [-0.39, 0.29) is 6.61 Å². The highest BCUT2D eigenvalue weighted by Gasteiger charge is 2.30. The fourth-order valence-corrected chi connectivity index (χ4v) is 2.32. The van der Waals surface area contributed by atoms with Gasteiger partial charge in [-0.25, -0.2) is 4.98 Å². The molecule has 1 aliphatic heterocycles. The van der Waals surface area contributed by atoms with Crippen LogP contribution in [0.5, 0.6) is 0 Å². The topological polar surface area (TPSA) is 41.3 Å². The monoisotopic (exact) mass is 209 g/mol. The molecule has 1 fully saturated rings. The van der Waals surface area contributed by atoms with Crippen LogP contribution in [0.1, 0.15) is 19.0 Å².